The quantitative estimate of drug-likeness (QED) is 0.709. The van der Waals surface area contributed by atoms with Crippen LogP contribution in [0.4, 0.5) is 4.79 Å². The molecule has 4 atom stereocenters. The lowest BCUT2D eigenvalue weighted by Crippen LogP contribution is -2.47. The van der Waals surface area contributed by atoms with Crippen molar-refractivity contribution in [1.82, 2.24) is 14.7 Å². The predicted octanol–water partition coefficient (Wildman–Crippen LogP) is 2.67. The molecule has 0 spiro atoms. The second-order valence-corrected chi connectivity index (χ2v) is 9.64. The van der Waals surface area contributed by atoms with E-state index in [9.17, 15) is 19.5 Å². The number of ether oxygens (including phenoxy) is 2. The third-order valence-electron chi connectivity index (χ3n) is 5.97. The number of hydrogen-bond acceptors (Lipinski definition) is 7. The SMILES string of the molecule is C[C@H]1Cn2ncc(C3C[C@@H](O)[C@H](OC(=O)c4ccccc4)C3=O)c2CN1C(=O)OC(C)(C)C. The van der Waals surface area contributed by atoms with Crippen LogP contribution in [-0.2, 0) is 27.4 Å². The first-order valence-electron chi connectivity index (χ1n) is 11.1. The molecule has 1 aromatic carbocycles. The molecule has 33 heavy (non-hydrogen) atoms. The van der Waals surface area contributed by atoms with E-state index < -0.39 is 35.8 Å². The van der Waals surface area contributed by atoms with Crippen LogP contribution in [0, 0.1) is 0 Å². The Morgan fingerprint density at radius 2 is 1.88 bits per heavy atom. The van der Waals surface area contributed by atoms with Gasteiger partial charge in [-0.05, 0) is 46.2 Å². The number of fused-ring (bicyclic) bond motifs is 1. The summed E-state index contributed by atoms with van der Waals surface area (Å²) in [7, 11) is 0. The molecule has 2 heterocycles. The van der Waals surface area contributed by atoms with Gasteiger partial charge < -0.3 is 14.6 Å². The molecule has 4 rings (SSSR count). The second kappa shape index (κ2) is 8.62. The van der Waals surface area contributed by atoms with Crippen LogP contribution in [0.25, 0.3) is 0 Å². The average molecular weight is 456 g/mol. The van der Waals surface area contributed by atoms with E-state index in [1.54, 1.807) is 46.1 Å². The highest BCUT2D eigenvalue weighted by atomic mass is 16.6. The molecule has 1 aromatic heterocycles. The van der Waals surface area contributed by atoms with Crippen molar-refractivity contribution in [3.05, 3.63) is 53.3 Å². The number of Topliss-reactive ketones (excluding diaryl/α,β-unsaturated/α-hetero) is 1. The van der Waals surface area contributed by atoms with E-state index in [1.165, 1.54) is 0 Å². The van der Waals surface area contributed by atoms with Gasteiger partial charge in [0.15, 0.2) is 11.9 Å². The number of aliphatic hydroxyl groups excluding tert-OH is 1. The van der Waals surface area contributed by atoms with Gasteiger partial charge in [0.1, 0.15) is 5.60 Å². The van der Waals surface area contributed by atoms with Crippen molar-refractivity contribution in [1.29, 1.82) is 0 Å². The van der Waals surface area contributed by atoms with Crippen molar-refractivity contribution in [3.63, 3.8) is 0 Å². The van der Waals surface area contributed by atoms with Crippen LogP contribution in [0.1, 0.15) is 61.6 Å². The summed E-state index contributed by atoms with van der Waals surface area (Å²) in [6, 6.07) is 8.21. The van der Waals surface area contributed by atoms with Crippen LogP contribution < -0.4 is 0 Å². The van der Waals surface area contributed by atoms with Crippen LogP contribution in [0.5, 0.6) is 0 Å². The highest BCUT2D eigenvalue weighted by molar-refractivity contribution is 5.97. The normalized spacial score (nSPS) is 25.0. The fourth-order valence-electron chi connectivity index (χ4n) is 4.32. The van der Waals surface area contributed by atoms with Crippen molar-refractivity contribution in [2.75, 3.05) is 0 Å². The van der Waals surface area contributed by atoms with E-state index in [-0.39, 0.29) is 24.8 Å². The van der Waals surface area contributed by atoms with Crippen LogP contribution in [0.2, 0.25) is 0 Å². The number of carbonyl (C=O) groups is 3. The van der Waals surface area contributed by atoms with Gasteiger partial charge in [-0.3, -0.25) is 14.4 Å². The lowest BCUT2D eigenvalue weighted by Gasteiger charge is -2.35. The summed E-state index contributed by atoms with van der Waals surface area (Å²) < 4.78 is 12.7. The summed E-state index contributed by atoms with van der Waals surface area (Å²) in [5.74, 6) is -1.70. The second-order valence-electron chi connectivity index (χ2n) is 9.64. The molecule has 9 nitrogen and oxygen atoms in total. The summed E-state index contributed by atoms with van der Waals surface area (Å²) in [4.78, 5) is 39.9. The number of esters is 1. The summed E-state index contributed by atoms with van der Waals surface area (Å²) in [6.07, 6.45) is -1.07. The number of carbonyl (C=O) groups excluding carboxylic acids is 3. The van der Waals surface area contributed by atoms with Gasteiger partial charge in [0.25, 0.3) is 0 Å². The number of ketones is 1. The third kappa shape index (κ3) is 4.64. The van der Waals surface area contributed by atoms with Crippen molar-refractivity contribution in [2.45, 2.75) is 77.0 Å². The fraction of sp³-hybridized carbons (Fsp3) is 0.500. The lowest BCUT2D eigenvalue weighted by molar-refractivity contribution is -0.128. The zero-order chi connectivity index (χ0) is 23.9. The molecule has 1 aliphatic carbocycles. The molecule has 1 N–H and O–H groups in total. The van der Waals surface area contributed by atoms with Gasteiger partial charge in [-0.2, -0.15) is 5.10 Å². The predicted molar refractivity (Wildman–Crippen MR) is 117 cm³/mol. The number of rotatable bonds is 3. The first-order valence-corrected chi connectivity index (χ1v) is 11.1. The number of aromatic nitrogens is 2. The van der Waals surface area contributed by atoms with Gasteiger partial charge in [0, 0.05) is 5.56 Å². The summed E-state index contributed by atoms with van der Waals surface area (Å²) in [5, 5.41) is 14.9. The number of amides is 1. The molecule has 1 saturated carbocycles. The smallest absolute Gasteiger partial charge is 0.410 e. The van der Waals surface area contributed by atoms with E-state index in [2.05, 4.69) is 5.10 Å². The van der Waals surface area contributed by atoms with E-state index in [0.717, 1.165) is 5.69 Å². The van der Waals surface area contributed by atoms with Gasteiger partial charge >= 0.3 is 12.1 Å². The van der Waals surface area contributed by atoms with Gasteiger partial charge in [0.2, 0.25) is 0 Å². The maximum Gasteiger partial charge on any atom is 0.410 e. The average Bonchev–Trinajstić information content (AvgIpc) is 3.27. The molecule has 0 bridgehead atoms. The van der Waals surface area contributed by atoms with Crippen LogP contribution >= 0.6 is 0 Å². The molecule has 1 fully saturated rings. The molecule has 1 amide bonds. The zero-order valence-corrected chi connectivity index (χ0v) is 19.2. The van der Waals surface area contributed by atoms with Crippen molar-refractivity contribution >= 4 is 17.8 Å². The summed E-state index contributed by atoms with van der Waals surface area (Å²) in [5.41, 5.74) is 1.04. The van der Waals surface area contributed by atoms with Crippen molar-refractivity contribution < 1.29 is 29.0 Å². The van der Waals surface area contributed by atoms with Crippen LogP contribution in [0.3, 0.4) is 0 Å². The van der Waals surface area contributed by atoms with Crippen molar-refractivity contribution in [3.8, 4) is 0 Å². The Balaban J connectivity index is 1.53. The topological polar surface area (TPSA) is 111 Å². The molecule has 0 saturated heterocycles. The molecule has 176 valence electrons. The molecule has 2 aliphatic rings. The molecule has 1 aliphatic heterocycles. The van der Waals surface area contributed by atoms with Crippen molar-refractivity contribution in [2.24, 2.45) is 0 Å². The molecule has 1 unspecified atom stereocenters. The van der Waals surface area contributed by atoms with Gasteiger partial charge in [-0.1, -0.05) is 18.2 Å². The molecular weight excluding hydrogens is 426 g/mol. The Morgan fingerprint density at radius 1 is 1.18 bits per heavy atom. The molecule has 0 radical (unpaired) electrons. The third-order valence-corrected chi connectivity index (χ3v) is 5.97. The lowest BCUT2D eigenvalue weighted by atomic mass is 9.96. The number of aliphatic hydroxyl groups is 1. The standard InChI is InChI=1S/C24H29N3O6/c1-14-12-27-18(13-26(14)23(31)33-24(2,3)4)17(11-25-27)16-10-19(28)21(20(16)29)32-22(30)15-8-6-5-7-9-15/h5-9,11,14,16,19,21,28H,10,12-13H2,1-4H3/t14-,16?,19+,21-/m0/s1. The largest absolute Gasteiger partial charge is 0.448 e. The monoisotopic (exact) mass is 455 g/mol. The van der Waals surface area contributed by atoms with E-state index in [1.807, 2.05) is 27.7 Å². The summed E-state index contributed by atoms with van der Waals surface area (Å²) in [6.45, 7) is 8.04. The highest BCUT2D eigenvalue weighted by Crippen LogP contribution is 2.37. The highest BCUT2D eigenvalue weighted by Gasteiger charge is 2.47. The number of nitrogens with zero attached hydrogens (tertiary/aromatic N) is 3. The maximum absolute atomic E-state index is 13.2. The van der Waals surface area contributed by atoms with E-state index in [4.69, 9.17) is 9.47 Å². The number of hydrogen-bond donors (Lipinski definition) is 1. The first-order chi connectivity index (χ1) is 15.5. The molecule has 2 aromatic rings. The molecule has 9 heteroatoms. The fourth-order valence-corrected chi connectivity index (χ4v) is 4.32. The van der Waals surface area contributed by atoms with Gasteiger partial charge in [-0.15, -0.1) is 0 Å². The Bertz CT molecular complexity index is 1060. The Hall–Kier alpha value is -3.20. The van der Waals surface area contributed by atoms with Crippen LogP contribution in [0.15, 0.2) is 36.5 Å². The van der Waals surface area contributed by atoms with Gasteiger partial charge in [0.05, 0.1) is 48.6 Å². The zero-order valence-electron chi connectivity index (χ0n) is 19.2. The van der Waals surface area contributed by atoms with E-state index in [0.29, 0.717) is 17.7 Å². The Morgan fingerprint density at radius 3 is 2.55 bits per heavy atom. The Kier molecular flexibility index (Phi) is 6.00. The number of benzene rings is 1. The summed E-state index contributed by atoms with van der Waals surface area (Å²) >= 11 is 0. The first kappa shape index (κ1) is 23.0. The minimum atomic E-state index is -1.25. The van der Waals surface area contributed by atoms with Crippen LogP contribution in [-0.4, -0.2) is 61.5 Å². The Labute approximate surface area is 192 Å². The van der Waals surface area contributed by atoms with E-state index >= 15 is 0 Å². The molecular formula is C24H29N3O6. The minimum absolute atomic E-state index is 0.117. The maximum atomic E-state index is 13.2. The minimum Gasteiger partial charge on any atom is -0.448 e. The van der Waals surface area contributed by atoms with Gasteiger partial charge in [-0.25, -0.2) is 9.59 Å².